The van der Waals surface area contributed by atoms with Crippen LogP contribution in [0.1, 0.15) is 18.9 Å². The van der Waals surface area contributed by atoms with E-state index >= 15 is 0 Å². The third-order valence-electron chi connectivity index (χ3n) is 3.05. The van der Waals surface area contributed by atoms with E-state index in [0.717, 1.165) is 17.5 Å². The summed E-state index contributed by atoms with van der Waals surface area (Å²) in [6.45, 7) is 2.55. The molecule has 0 aliphatic rings. The molecule has 2 aromatic rings. The van der Waals surface area contributed by atoms with Gasteiger partial charge in [0.15, 0.2) is 5.43 Å². The molecule has 0 bridgehead atoms. The van der Waals surface area contributed by atoms with Crippen molar-refractivity contribution in [1.82, 2.24) is 4.57 Å². The van der Waals surface area contributed by atoms with Crippen LogP contribution in [0.4, 0.5) is 0 Å². The van der Waals surface area contributed by atoms with Crippen LogP contribution in [-0.4, -0.2) is 10.5 Å². The van der Waals surface area contributed by atoms with Crippen molar-refractivity contribution in [2.45, 2.75) is 26.3 Å². The Morgan fingerprint density at radius 3 is 2.78 bits per heavy atom. The van der Waals surface area contributed by atoms with Crippen LogP contribution >= 0.6 is 0 Å². The molecule has 0 saturated heterocycles. The molecule has 0 fully saturated rings. The summed E-state index contributed by atoms with van der Waals surface area (Å²) < 4.78 is 1.89. The van der Waals surface area contributed by atoms with E-state index in [-0.39, 0.29) is 17.8 Å². The molecule has 1 aromatic carbocycles. The second-order valence-corrected chi connectivity index (χ2v) is 4.29. The van der Waals surface area contributed by atoms with Crippen molar-refractivity contribution < 1.29 is 4.79 Å². The second-order valence-electron chi connectivity index (χ2n) is 4.29. The first kappa shape index (κ1) is 12.4. The number of primary amides is 1. The zero-order valence-electron chi connectivity index (χ0n) is 10.3. The van der Waals surface area contributed by atoms with Gasteiger partial charge in [-0.05, 0) is 24.1 Å². The van der Waals surface area contributed by atoms with Gasteiger partial charge in [0, 0.05) is 30.6 Å². The van der Waals surface area contributed by atoms with Gasteiger partial charge in [0.25, 0.3) is 0 Å². The van der Waals surface area contributed by atoms with Gasteiger partial charge >= 0.3 is 0 Å². The van der Waals surface area contributed by atoms with Crippen LogP contribution < -0.4 is 11.2 Å². The minimum Gasteiger partial charge on any atom is -0.370 e. The summed E-state index contributed by atoms with van der Waals surface area (Å²) in [6, 6.07) is 7.38. The maximum Gasteiger partial charge on any atom is 0.219 e. The van der Waals surface area contributed by atoms with Gasteiger partial charge in [0.05, 0.1) is 5.52 Å². The Kier molecular flexibility index (Phi) is 3.46. The van der Waals surface area contributed by atoms with Gasteiger partial charge in [-0.2, -0.15) is 0 Å². The first-order valence-corrected chi connectivity index (χ1v) is 6.02. The number of carbonyl (C=O) groups is 1. The maximum atomic E-state index is 11.8. The Labute approximate surface area is 105 Å². The van der Waals surface area contributed by atoms with Gasteiger partial charge in [0.2, 0.25) is 5.91 Å². The highest BCUT2D eigenvalue weighted by Crippen LogP contribution is 2.13. The first-order chi connectivity index (χ1) is 8.61. The number of pyridine rings is 1. The Bertz CT molecular complexity index is 644. The van der Waals surface area contributed by atoms with Gasteiger partial charge in [-0.3, -0.25) is 9.59 Å². The van der Waals surface area contributed by atoms with Gasteiger partial charge in [-0.1, -0.05) is 13.0 Å². The minimum absolute atomic E-state index is 0.00984. The number of hydrogen-bond acceptors (Lipinski definition) is 2. The number of amides is 1. The maximum absolute atomic E-state index is 11.8. The molecule has 0 aliphatic heterocycles. The van der Waals surface area contributed by atoms with Crippen LogP contribution in [0.15, 0.2) is 35.3 Å². The summed E-state index contributed by atoms with van der Waals surface area (Å²) in [5.41, 5.74) is 7.14. The molecule has 0 atom stereocenters. The van der Waals surface area contributed by atoms with Crippen molar-refractivity contribution in [2.24, 2.45) is 5.73 Å². The van der Waals surface area contributed by atoms with Crippen LogP contribution in [0, 0.1) is 0 Å². The predicted molar refractivity (Wildman–Crippen MR) is 71.4 cm³/mol. The zero-order chi connectivity index (χ0) is 13.1. The number of hydrogen-bond donors (Lipinski definition) is 1. The fraction of sp³-hybridized carbons (Fsp3) is 0.286. The van der Waals surface area contributed by atoms with Crippen LogP contribution in [-0.2, 0) is 17.8 Å². The second kappa shape index (κ2) is 5.04. The molecule has 2 rings (SSSR count). The predicted octanol–water partition coefficient (Wildman–Crippen LogP) is 1.44. The zero-order valence-corrected chi connectivity index (χ0v) is 10.3. The van der Waals surface area contributed by atoms with Gasteiger partial charge < -0.3 is 10.3 Å². The number of fused-ring (bicyclic) bond motifs is 1. The molecule has 0 spiro atoms. The third-order valence-corrected chi connectivity index (χ3v) is 3.05. The lowest BCUT2D eigenvalue weighted by Gasteiger charge is -2.10. The largest absolute Gasteiger partial charge is 0.370 e. The van der Waals surface area contributed by atoms with E-state index in [2.05, 4.69) is 6.92 Å². The van der Waals surface area contributed by atoms with E-state index in [1.807, 2.05) is 22.8 Å². The molecule has 0 saturated carbocycles. The Hall–Kier alpha value is -2.10. The van der Waals surface area contributed by atoms with Crippen molar-refractivity contribution >= 4 is 16.8 Å². The molecule has 4 nitrogen and oxygen atoms in total. The minimum atomic E-state index is -0.341. The van der Waals surface area contributed by atoms with Crippen molar-refractivity contribution in [1.29, 1.82) is 0 Å². The standard InChI is InChI=1S/C14H16N2O2/c1-2-10-3-4-12-11(9-10)13(17)5-7-16(12)8-6-14(15)18/h3-5,7,9H,2,6,8H2,1H3,(H2,15,18). The third kappa shape index (κ3) is 2.42. The van der Waals surface area contributed by atoms with E-state index < -0.39 is 0 Å². The highest BCUT2D eigenvalue weighted by Gasteiger charge is 2.04. The summed E-state index contributed by atoms with van der Waals surface area (Å²) >= 11 is 0. The Balaban J connectivity index is 2.52. The lowest BCUT2D eigenvalue weighted by atomic mass is 10.1. The first-order valence-electron chi connectivity index (χ1n) is 6.02. The van der Waals surface area contributed by atoms with Crippen LogP contribution in [0.5, 0.6) is 0 Å². The lowest BCUT2D eigenvalue weighted by Crippen LogP contribution is -2.15. The van der Waals surface area contributed by atoms with Crippen molar-refractivity contribution in [2.75, 3.05) is 0 Å². The number of rotatable bonds is 4. The van der Waals surface area contributed by atoms with Crippen LogP contribution in [0.2, 0.25) is 0 Å². The number of aromatic nitrogens is 1. The Morgan fingerprint density at radius 2 is 2.11 bits per heavy atom. The lowest BCUT2D eigenvalue weighted by molar-refractivity contribution is -0.118. The van der Waals surface area contributed by atoms with Crippen molar-refractivity contribution in [3.63, 3.8) is 0 Å². The molecule has 2 N–H and O–H groups in total. The van der Waals surface area contributed by atoms with Crippen LogP contribution in [0.25, 0.3) is 10.9 Å². The van der Waals surface area contributed by atoms with E-state index in [0.29, 0.717) is 11.9 Å². The normalized spacial score (nSPS) is 10.7. The van der Waals surface area contributed by atoms with Gasteiger partial charge in [-0.25, -0.2) is 0 Å². The molecule has 0 aliphatic carbocycles. The quantitative estimate of drug-likeness (QED) is 0.884. The molecular weight excluding hydrogens is 228 g/mol. The number of aryl methyl sites for hydroxylation is 2. The Morgan fingerprint density at radius 1 is 1.33 bits per heavy atom. The van der Waals surface area contributed by atoms with Gasteiger partial charge in [-0.15, -0.1) is 0 Å². The number of benzene rings is 1. The summed E-state index contributed by atoms with van der Waals surface area (Å²) in [5, 5.41) is 0.696. The summed E-state index contributed by atoms with van der Waals surface area (Å²) in [4.78, 5) is 22.7. The van der Waals surface area contributed by atoms with E-state index in [1.54, 1.807) is 6.20 Å². The summed E-state index contributed by atoms with van der Waals surface area (Å²) in [7, 11) is 0. The highest BCUT2D eigenvalue weighted by atomic mass is 16.1. The fourth-order valence-electron chi connectivity index (χ4n) is 2.00. The van der Waals surface area contributed by atoms with E-state index in [1.165, 1.54) is 6.07 Å². The molecule has 94 valence electrons. The van der Waals surface area contributed by atoms with E-state index in [9.17, 15) is 9.59 Å². The summed E-state index contributed by atoms with van der Waals surface area (Å²) in [5.74, 6) is -0.341. The number of nitrogens with two attached hydrogens (primary N) is 1. The van der Waals surface area contributed by atoms with Crippen LogP contribution in [0.3, 0.4) is 0 Å². The number of nitrogens with zero attached hydrogens (tertiary/aromatic N) is 1. The van der Waals surface area contributed by atoms with Crippen molar-refractivity contribution in [3.05, 3.63) is 46.2 Å². The topological polar surface area (TPSA) is 65.1 Å². The fourth-order valence-corrected chi connectivity index (χ4v) is 2.00. The van der Waals surface area contributed by atoms with E-state index in [4.69, 9.17) is 5.73 Å². The smallest absolute Gasteiger partial charge is 0.219 e. The average Bonchev–Trinajstić information content (AvgIpc) is 2.37. The highest BCUT2D eigenvalue weighted by molar-refractivity contribution is 5.80. The molecule has 1 amide bonds. The molecule has 4 heteroatoms. The van der Waals surface area contributed by atoms with Gasteiger partial charge in [0.1, 0.15) is 0 Å². The average molecular weight is 244 g/mol. The molecule has 18 heavy (non-hydrogen) atoms. The molecule has 1 aromatic heterocycles. The number of carbonyl (C=O) groups excluding carboxylic acids is 1. The molecule has 0 radical (unpaired) electrons. The molecule has 1 heterocycles. The monoisotopic (exact) mass is 244 g/mol. The summed E-state index contributed by atoms with van der Waals surface area (Å²) in [6.07, 6.45) is 2.87. The molecule has 0 unspecified atom stereocenters. The SMILES string of the molecule is CCc1ccc2c(c1)c(=O)ccn2CCC(N)=O. The molecular formula is C14H16N2O2. The van der Waals surface area contributed by atoms with Crippen molar-refractivity contribution in [3.8, 4) is 0 Å².